The normalized spacial score (nSPS) is 15.0. The second kappa shape index (κ2) is 11.4. The van der Waals surface area contributed by atoms with Gasteiger partial charge in [-0.3, -0.25) is 0 Å². The molecule has 0 radical (unpaired) electrons. The van der Waals surface area contributed by atoms with Gasteiger partial charge in [0.1, 0.15) is 0 Å². The molecule has 0 aliphatic heterocycles. The van der Waals surface area contributed by atoms with Crippen molar-refractivity contribution in [3.8, 4) is 0 Å². The minimum atomic E-state index is 0.344. The van der Waals surface area contributed by atoms with Crippen LogP contribution in [0.4, 0.5) is 0 Å². The minimum absolute atomic E-state index is 0.344. The fourth-order valence-electron chi connectivity index (χ4n) is 1.95. The van der Waals surface area contributed by atoms with Gasteiger partial charge in [0.25, 0.3) is 0 Å². The van der Waals surface area contributed by atoms with E-state index in [4.69, 9.17) is 9.47 Å². The third kappa shape index (κ3) is 7.20. The molecule has 0 saturated carbocycles. The molecular weight excluding hydrogens is 202 g/mol. The van der Waals surface area contributed by atoms with Crippen molar-refractivity contribution in [3.63, 3.8) is 0 Å². The van der Waals surface area contributed by atoms with Crippen LogP contribution in [0.5, 0.6) is 0 Å². The molecule has 0 heterocycles. The van der Waals surface area contributed by atoms with Gasteiger partial charge in [0, 0.05) is 26.4 Å². The van der Waals surface area contributed by atoms with Gasteiger partial charge < -0.3 is 14.8 Å². The highest BCUT2D eigenvalue weighted by atomic mass is 16.5. The zero-order chi connectivity index (χ0) is 12.2. The van der Waals surface area contributed by atoms with E-state index in [0.717, 1.165) is 32.6 Å². The molecule has 0 aromatic rings. The predicted octanol–water partition coefficient (Wildman–Crippen LogP) is 2.60. The van der Waals surface area contributed by atoms with E-state index in [1.807, 2.05) is 0 Å². The number of rotatable bonds is 11. The van der Waals surface area contributed by atoms with Crippen molar-refractivity contribution in [2.75, 3.05) is 26.9 Å². The molecule has 0 aliphatic carbocycles. The second-order valence-corrected chi connectivity index (χ2v) is 4.12. The van der Waals surface area contributed by atoms with Crippen molar-refractivity contribution in [2.24, 2.45) is 0 Å². The van der Waals surface area contributed by atoms with Crippen molar-refractivity contribution in [3.05, 3.63) is 0 Å². The predicted molar refractivity (Wildman–Crippen MR) is 68.9 cm³/mol. The maximum Gasteiger partial charge on any atom is 0.0725 e. The van der Waals surface area contributed by atoms with Gasteiger partial charge in [-0.15, -0.1) is 0 Å². The molecule has 0 bridgehead atoms. The first-order chi connectivity index (χ1) is 7.79. The smallest absolute Gasteiger partial charge is 0.0725 e. The first-order valence-electron chi connectivity index (χ1n) is 6.63. The average molecular weight is 231 g/mol. The van der Waals surface area contributed by atoms with Crippen molar-refractivity contribution >= 4 is 0 Å². The number of hydrogen-bond donors (Lipinski definition) is 1. The van der Waals surface area contributed by atoms with Crippen molar-refractivity contribution in [1.82, 2.24) is 5.32 Å². The van der Waals surface area contributed by atoms with Crippen molar-refractivity contribution < 1.29 is 9.47 Å². The molecule has 0 rings (SSSR count). The Morgan fingerprint density at radius 2 is 1.88 bits per heavy atom. The number of methoxy groups -OCH3 is 1. The average Bonchev–Trinajstić information content (AvgIpc) is 2.29. The van der Waals surface area contributed by atoms with Crippen LogP contribution in [-0.2, 0) is 9.47 Å². The van der Waals surface area contributed by atoms with Gasteiger partial charge in [0.05, 0.1) is 6.10 Å². The Morgan fingerprint density at radius 3 is 2.38 bits per heavy atom. The topological polar surface area (TPSA) is 30.5 Å². The summed E-state index contributed by atoms with van der Waals surface area (Å²) in [6, 6.07) is 0.502. The second-order valence-electron chi connectivity index (χ2n) is 4.12. The van der Waals surface area contributed by atoms with E-state index in [2.05, 4.69) is 26.1 Å². The number of likely N-dealkylation sites (N-methyl/N-ethyl adjacent to an activating group) is 1. The molecule has 3 nitrogen and oxygen atoms in total. The molecular formula is C13H29NO2. The molecule has 2 atom stereocenters. The Kier molecular flexibility index (Phi) is 11.3. The first kappa shape index (κ1) is 15.9. The number of hydrogen-bond acceptors (Lipinski definition) is 3. The zero-order valence-corrected chi connectivity index (χ0v) is 11.4. The molecule has 0 fully saturated rings. The van der Waals surface area contributed by atoms with Gasteiger partial charge in [-0.2, -0.15) is 0 Å². The Morgan fingerprint density at radius 1 is 1.12 bits per heavy atom. The highest BCUT2D eigenvalue weighted by Gasteiger charge is 2.18. The van der Waals surface area contributed by atoms with E-state index >= 15 is 0 Å². The molecule has 98 valence electrons. The Balaban J connectivity index is 3.89. The summed E-state index contributed by atoms with van der Waals surface area (Å²) in [4.78, 5) is 0. The quantitative estimate of drug-likeness (QED) is 0.554. The number of nitrogens with one attached hydrogen (secondary N) is 1. The molecule has 0 aliphatic rings. The summed E-state index contributed by atoms with van der Waals surface area (Å²) in [5, 5.41) is 3.52. The van der Waals surface area contributed by atoms with Crippen LogP contribution in [0.25, 0.3) is 0 Å². The van der Waals surface area contributed by atoms with Crippen LogP contribution in [-0.4, -0.2) is 39.0 Å². The van der Waals surface area contributed by atoms with E-state index in [9.17, 15) is 0 Å². The molecule has 1 N–H and O–H groups in total. The molecule has 0 amide bonds. The minimum Gasteiger partial charge on any atom is -0.385 e. The van der Waals surface area contributed by atoms with Gasteiger partial charge >= 0.3 is 0 Å². The lowest BCUT2D eigenvalue weighted by Gasteiger charge is -2.27. The summed E-state index contributed by atoms with van der Waals surface area (Å²) in [6.07, 6.45) is 4.80. The van der Waals surface area contributed by atoms with Crippen LogP contribution in [0.1, 0.15) is 46.5 Å². The van der Waals surface area contributed by atoms with Crippen LogP contribution < -0.4 is 5.32 Å². The molecule has 2 unspecified atom stereocenters. The molecule has 0 spiro atoms. The standard InChI is InChI=1S/C13H29NO2/c1-5-9-12(14-7-3)13(6-2)16-11-8-10-15-4/h12-14H,5-11H2,1-4H3. The van der Waals surface area contributed by atoms with Crippen molar-refractivity contribution in [2.45, 2.75) is 58.6 Å². The fraction of sp³-hybridized carbons (Fsp3) is 1.00. The summed E-state index contributed by atoms with van der Waals surface area (Å²) in [5.74, 6) is 0. The monoisotopic (exact) mass is 231 g/mol. The maximum atomic E-state index is 5.92. The largest absolute Gasteiger partial charge is 0.385 e. The summed E-state index contributed by atoms with van der Waals surface area (Å²) < 4.78 is 10.9. The Hall–Kier alpha value is -0.120. The molecule has 0 saturated heterocycles. The summed E-state index contributed by atoms with van der Waals surface area (Å²) in [7, 11) is 1.73. The van der Waals surface area contributed by atoms with E-state index < -0.39 is 0 Å². The van der Waals surface area contributed by atoms with E-state index in [1.54, 1.807) is 7.11 Å². The lowest BCUT2D eigenvalue weighted by atomic mass is 10.0. The van der Waals surface area contributed by atoms with E-state index in [1.165, 1.54) is 12.8 Å². The third-order valence-corrected chi connectivity index (χ3v) is 2.74. The van der Waals surface area contributed by atoms with Gasteiger partial charge in [0.2, 0.25) is 0 Å². The molecule has 3 heteroatoms. The van der Waals surface area contributed by atoms with Gasteiger partial charge in [-0.25, -0.2) is 0 Å². The van der Waals surface area contributed by atoms with Gasteiger partial charge in [-0.1, -0.05) is 27.2 Å². The highest BCUT2D eigenvalue weighted by molar-refractivity contribution is 4.75. The Labute approximate surface area is 101 Å². The fourth-order valence-corrected chi connectivity index (χ4v) is 1.95. The molecule has 16 heavy (non-hydrogen) atoms. The third-order valence-electron chi connectivity index (χ3n) is 2.74. The lowest BCUT2D eigenvalue weighted by Crippen LogP contribution is -2.41. The summed E-state index contributed by atoms with van der Waals surface area (Å²) in [5.41, 5.74) is 0. The van der Waals surface area contributed by atoms with E-state index in [-0.39, 0.29) is 0 Å². The molecule has 0 aromatic heterocycles. The van der Waals surface area contributed by atoms with Gasteiger partial charge in [-0.05, 0) is 25.8 Å². The molecule has 0 aromatic carbocycles. The van der Waals surface area contributed by atoms with Crippen molar-refractivity contribution in [1.29, 1.82) is 0 Å². The lowest BCUT2D eigenvalue weighted by molar-refractivity contribution is 0.0124. The number of ether oxygens (including phenoxy) is 2. The zero-order valence-electron chi connectivity index (χ0n) is 11.4. The Bertz CT molecular complexity index is 136. The van der Waals surface area contributed by atoms with Crippen LogP contribution in [0.3, 0.4) is 0 Å². The summed E-state index contributed by atoms with van der Waals surface area (Å²) in [6.45, 7) is 9.18. The highest BCUT2D eigenvalue weighted by Crippen LogP contribution is 2.10. The maximum absolute atomic E-state index is 5.92. The van der Waals surface area contributed by atoms with Crippen LogP contribution in [0.15, 0.2) is 0 Å². The van der Waals surface area contributed by atoms with Crippen LogP contribution >= 0.6 is 0 Å². The van der Waals surface area contributed by atoms with Crippen LogP contribution in [0.2, 0.25) is 0 Å². The van der Waals surface area contributed by atoms with Gasteiger partial charge in [0.15, 0.2) is 0 Å². The van der Waals surface area contributed by atoms with E-state index in [0.29, 0.717) is 12.1 Å². The SMILES string of the molecule is CCCC(NCC)C(CC)OCCCOC. The first-order valence-corrected chi connectivity index (χ1v) is 6.63. The van der Waals surface area contributed by atoms with Crippen LogP contribution in [0, 0.1) is 0 Å². The summed E-state index contributed by atoms with van der Waals surface area (Å²) >= 11 is 0.